The lowest BCUT2D eigenvalue weighted by Gasteiger charge is -2.36. The molecule has 2 rings (SSSR count). The van der Waals surface area contributed by atoms with E-state index in [9.17, 15) is 5.11 Å². The molecule has 1 aliphatic rings. The Labute approximate surface area is 108 Å². The molecule has 2 unspecified atom stereocenters. The number of nitrogens with two attached hydrogens (primary N) is 1. The number of aromatic nitrogens is 3. The molecule has 0 saturated carbocycles. The minimum atomic E-state index is -0.396. The van der Waals surface area contributed by atoms with Crippen LogP contribution >= 0.6 is 0 Å². The second-order valence-electron chi connectivity index (χ2n) is 5.77. The molecule has 0 radical (unpaired) electrons. The summed E-state index contributed by atoms with van der Waals surface area (Å²) in [5.41, 5.74) is 5.68. The number of piperidine rings is 1. The molecule has 6 heteroatoms. The van der Waals surface area contributed by atoms with Gasteiger partial charge in [-0.25, -0.2) is 0 Å². The average Bonchev–Trinajstić information content (AvgIpc) is 2.82. The first-order valence-corrected chi connectivity index (χ1v) is 6.51. The zero-order valence-corrected chi connectivity index (χ0v) is 11.3. The second-order valence-corrected chi connectivity index (χ2v) is 5.77. The zero-order chi connectivity index (χ0) is 13.3. The van der Waals surface area contributed by atoms with Crippen LogP contribution in [0.4, 0.5) is 5.95 Å². The number of aliphatic hydroxyl groups excluding tert-OH is 1. The number of nitrogens with zero attached hydrogens (tertiary/aromatic N) is 3. The van der Waals surface area contributed by atoms with E-state index in [1.54, 1.807) is 0 Å². The fraction of sp³-hybridized carbons (Fsp3) is 0.833. The lowest BCUT2D eigenvalue weighted by Crippen LogP contribution is -2.51. The van der Waals surface area contributed by atoms with E-state index in [-0.39, 0.29) is 18.7 Å². The molecule has 0 amide bonds. The largest absolute Gasteiger partial charge is 0.395 e. The van der Waals surface area contributed by atoms with Crippen molar-refractivity contribution in [2.75, 3.05) is 18.1 Å². The van der Waals surface area contributed by atoms with Crippen LogP contribution in [0.3, 0.4) is 0 Å². The van der Waals surface area contributed by atoms with Crippen molar-refractivity contribution in [3.05, 3.63) is 5.82 Å². The van der Waals surface area contributed by atoms with E-state index >= 15 is 0 Å². The SMILES string of the molecule is CC1C(N)CCCN1c1n[nH]c(C(C)(C)CO)n1. The molecule has 1 aromatic heterocycles. The smallest absolute Gasteiger partial charge is 0.245 e. The van der Waals surface area contributed by atoms with Gasteiger partial charge in [0.15, 0.2) is 0 Å². The number of aromatic amines is 1. The summed E-state index contributed by atoms with van der Waals surface area (Å²) in [7, 11) is 0. The highest BCUT2D eigenvalue weighted by atomic mass is 16.3. The van der Waals surface area contributed by atoms with Gasteiger partial charge < -0.3 is 15.7 Å². The van der Waals surface area contributed by atoms with Gasteiger partial charge in [0.1, 0.15) is 5.82 Å². The van der Waals surface area contributed by atoms with E-state index in [0.717, 1.165) is 19.4 Å². The number of nitrogens with one attached hydrogen (secondary N) is 1. The summed E-state index contributed by atoms with van der Waals surface area (Å²) < 4.78 is 0. The number of H-pyrrole nitrogens is 1. The minimum absolute atomic E-state index is 0.0384. The van der Waals surface area contributed by atoms with Crippen molar-refractivity contribution in [3.63, 3.8) is 0 Å². The van der Waals surface area contributed by atoms with Gasteiger partial charge in [-0.1, -0.05) is 13.8 Å². The van der Waals surface area contributed by atoms with Crippen LogP contribution in [0.5, 0.6) is 0 Å². The van der Waals surface area contributed by atoms with Gasteiger partial charge in [-0.05, 0) is 19.8 Å². The summed E-state index contributed by atoms with van der Waals surface area (Å²) >= 11 is 0. The van der Waals surface area contributed by atoms with Gasteiger partial charge in [-0.15, -0.1) is 5.10 Å². The van der Waals surface area contributed by atoms with Crippen LogP contribution in [0.1, 0.15) is 39.4 Å². The topological polar surface area (TPSA) is 91.1 Å². The molecular formula is C12H23N5O. The molecule has 102 valence electrons. The number of anilines is 1. The van der Waals surface area contributed by atoms with Gasteiger partial charge in [0.25, 0.3) is 0 Å². The van der Waals surface area contributed by atoms with Crippen LogP contribution in [0.25, 0.3) is 0 Å². The quantitative estimate of drug-likeness (QED) is 0.725. The summed E-state index contributed by atoms with van der Waals surface area (Å²) in [4.78, 5) is 6.65. The average molecular weight is 253 g/mol. The Morgan fingerprint density at radius 1 is 1.56 bits per heavy atom. The summed E-state index contributed by atoms with van der Waals surface area (Å²) in [6.07, 6.45) is 2.12. The molecule has 2 heterocycles. The standard InChI is InChI=1S/C12H23N5O/c1-8-9(13)5-4-6-17(8)11-14-10(15-16-11)12(2,3)7-18/h8-9,18H,4-7,13H2,1-3H3,(H,14,15,16). The second kappa shape index (κ2) is 4.85. The maximum atomic E-state index is 9.34. The van der Waals surface area contributed by atoms with Crippen molar-refractivity contribution >= 4 is 5.95 Å². The van der Waals surface area contributed by atoms with Gasteiger partial charge in [-0.3, -0.25) is 5.10 Å². The van der Waals surface area contributed by atoms with Crippen LogP contribution in [-0.4, -0.2) is 45.5 Å². The minimum Gasteiger partial charge on any atom is -0.395 e. The molecule has 4 N–H and O–H groups in total. The van der Waals surface area contributed by atoms with E-state index in [0.29, 0.717) is 11.8 Å². The van der Waals surface area contributed by atoms with Crippen molar-refractivity contribution < 1.29 is 5.11 Å². The molecule has 0 aliphatic carbocycles. The number of hydrogen-bond acceptors (Lipinski definition) is 5. The number of rotatable bonds is 3. The molecule has 0 aromatic carbocycles. The fourth-order valence-electron chi connectivity index (χ4n) is 2.21. The van der Waals surface area contributed by atoms with Crippen LogP contribution in [0, 0.1) is 0 Å². The van der Waals surface area contributed by atoms with Crippen molar-refractivity contribution in [2.45, 2.75) is 51.1 Å². The Morgan fingerprint density at radius 2 is 2.28 bits per heavy atom. The van der Waals surface area contributed by atoms with Crippen LogP contribution in [0.2, 0.25) is 0 Å². The molecule has 1 aromatic rings. The van der Waals surface area contributed by atoms with Gasteiger partial charge in [0.05, 0.1) is 6.61 Å². The molecule has 0 spiro atoms. The molecule has 0 bridgehead atoms. The first kappa shape index (κ1) is 13.3. The van der Waals surface area contributed by atoms with E-state index < -0.39 is 5.41 Å². The van der Waals surface area contributed by atoms with Crippen LogP contribution < -0.4 is 10.6 Å². The zero-order valence-electron chi connectivity index (χ0n) is 11.3. The van der Waals surface area contributed by atoms with Crippen LogP contribution in [0.15, 0.2) is 0 Å². The van der Waals surface area contributed by atoms with Gasteiger partial charge in [0, 0.05) is 24.0 Å². The van der Waals surface area contributed by atoms with Crippen molar-refractivity contribution in [2.24, 2.45) is 5.73 Å². The highest BCUT2D eigenvalue weighted by molar-refractivity contribution is 5.33. The van der Waals surface area contributed by atoms with E-state index in [1.165, 1.54) is 0 Å². The summed E-state index contributed by atoms with van der Waals surface area (Å²) in [5, 5.41) is 16.5. The monoisotopic (exact) mass is 253 g/mol. The molecule has 1 fully saturated rings. The third-order valence-electron chi connectivity index (χ3n) is 3.81. The first-order valence-electron chi connectivity index (χ1n) is 6.51. The van der Waals surface area contributed by atoms with Gasteiger partial charge >= 0.3 is 0 Å². The van der Waals surface area contributed by atoms with Crippen molar-refractivity contribution in [3.8, 4) is 0 Å². The van der Waals surface area contributed by atoms with Crippen LogP contribution in [-0.2, 0) is 5.41 Å². The Kier molecular flexibility index (Phi) is 3.59. The Balaban J connectivity index is 2.19. The van der Waals surface area contributed by atoms with E-state index in [1.807, 2.05) is 13.8 Å². The Bertz CT molecular complexity index is 403. The third kappa shape index (κ3) is 2.35. The molecule has 1 saturated heterocycles. The Morgan fingerprint density at radius 3 is 2.94 bits per heavy atom. The van der Waals surface area contributed by atoms with Gasteiger partial charge in [0.2, 0.25) is 5.95 Å². The molecular weight excluding hydrogens is 230 g/mol. The van der Waals surface area contributed by atoms with Crippen molar-refractivity contribution in [1.82, 2.24) is 15.2 Å². The number of aliphatic hydroxyl groups is 1. The summed E-state index contributed by atoms with van der Waals surface area (Å²) in [6, 6.07) is 0.422. The molecule has 1 aliphatic heterocycles. The fourth-order valence-corrected chi connectivity index (χ4v) is 2.21. The summed E-state index contributed by atoms with van der Waals surface area (Å²) in [5.74, 6) is 1.40. The number of hydrogen-bond donors (Lipinski definition) is 3. The first-order chi connectivity index (χ1) is 8.45. The molecule has 2 atom stereocenters. The lowest BCUT2D eigenvalue weighted by atomic mass is 9.94. The maximum Gasteiger partial charge on any atom is 0.245 e. The summed E-state index contributed by atoms with van der Waals surface area (Å²) in [6.45, 7) is 6.95. The van der Waals surface area contributed by atoms with Gasteiger partial charge in [-0.2, -0.15) is 4.98 Å². The lowest BCUT2D eigenvalue weighted by molar-refractivity contribution is 0.212. The normalized spacial score (nSPS) is 25.5. The maximum absolute atomic E-state index is 9.34. The Hall–Kier alpha value is -1.14. The predicted octanol–water partition coefficient (Wildman–Crippen LogP) is 0.391. The third-order valence-corrected chi connectivity index (χ3v) is 3.81. The highest BCUT2D eigenvalue weighted by Gasteiger charge is 2.30. The predicted molar refractivity (Wildman–Crippen MR) is 70.5 cm³/mol. The van der Waals surface area contributed by atoms with Crippen molar-refractivity contribution in [1.29, 1.82) is 0 Å². The van der Waals surface area contributed by atoms with E-state index in [2.05, 4.69) is 27.0 Å². The van der Waals surface area contributed by atoms with E-state index in [4.69, 9.17) is 5.73 Å². The highest BCUT2D eigenvalue weighted by Crippen LogP contribution is 2.24. The molecule has 6 nitrogen and oxygen atoms in total. The molecule has 18 heavy (non-hydrogen) atoms.